The van der Waals surface area contributed by atoms with Gasteiger partial charge in [-0.3, -0.25) is 10.1 Å². The molecule has 6 heteroatoms. The van der Waals surface area contributed by atoms with Crippen molar-refractivity contribution in [3.63, 3.8) is 0 Å². The van der Waals surface area contributed by atoms with Gasteiger partial charge in [-0.1, -0.05) is 6.08 Å². The first kappa shape index (κ1) is 15.5. The predicted octanol–water partition coefficient (Wildman–Crippen LogP) is 1.02. The number of Topliss-reactive ketones (excluding diaryl/α,β-unsaturated/α-hetero) is 1. The number of rotatable bonds is 7. The molecule has 0 aromatic carbocycles. The van der Waals surface area contributed by atoms with Crippen LogP contribution < -0.4 is 5.32 Å². The second-order valence-corrected chi connectivity index (χ2v) is 6.01. The summed E-state index contributed by atoms with van der Waals surface area (Å²) >= 11 is 2.02. The molecule has 0 aliphatic heterocycles. The Balaban J connectivity index is 4.59. The van der Waals surface area contributed by atoms with E-state index in [0.29, 0.717) is 6.54 Å². The van der Waals surface area contributed by atoms with Crippen molar-refractivity contribution in [3.8, 4) is 0 Å². The molecule has 0 spiro atoms. The van der Waals surface area contributed by atoms with Gasteiger partial charge < -0.3 is 9.47 Å². The van der Waals surface area contributed by atoms with E-state index in [1.165, 1.54) is 0 Å². The third-order valence-corrected chi connectivity index (χ3v) is 1.72. The molecule has 0 aliphatic rings. The fourth-order valence-corrected chi connectivity index (χ4v) is 1.12. The Morgan fingerprint density at radius 3 is 2.50 bits per heavy atom. The van der Waals surface area contributed by atoms with Crippen LogP contribution in [0.1, 0.15) is 13.8 Å². The second kappa shape index (κ2) is 6.97. The van der Waals surface area contributed by atoms with Crippen LogP contribution in [0.4, 0.5) is 0 Å². The molecule has 0 aliphatic carbocycles. The number of carbonyl (C=O) groups excluding carboxylic acids is 2. The van der Waals surface area contributed by atoms with Gasteiger partial charge in [-0.25, -0.2) is 4.79 Å². The molecule has 0 aromatic rings. The maximum Gasteiger partial charge on any atom is 0.378 e. The topological polar surface area (TPSA) is 64.6 Å². The van der Waals surface area contributed by atoms with E-state index in [2.05, 4.69) is 16.6 Å². The Labute approximate surface area is 109 Å². The van der Waals surface area contributed by atoms with Gasteiger partial charge in [0.15, 0.2) is 6.23 Å². The average molecular weight is 341 g/mol. The Morgan fingerprint density at radius 2 is 2.12 bits per heavy atom. The van der Waals surface area contributed by atoms with Crippen LogP contribution in [0, 0.1) is 0 Å². The van der Waals surface area contributed by atoms with E-state index >= 15 is 0 Å². The first-order chi connectivity index (χ1) is 7.31. The molecule has 0 saturated heterocycles. The second-order valence-electron chi connectivity index (χ2n) is 3.41. The van der Waals surface area contributed by atoms with E-state index in [4.69, 9.17) is 4.74 Å². The number of halogens is 1. The van der Waals surface area contributed by atoms with Crippen LogP contribution in [0.2, 0.25) is 0 Å². The molecule has 92 valence electrons. The lowest BCUT2D eigenvalue weighted by Crippen LogP contribution is -2.46. The van der Waals surface area contributed by atoms with Gasteiger partial charge in [-0.2, -0.15) is 0 Å². The maximum absolute atomic E-state index is 11.6. The molecular formula is C10H16INO4. The summed E-state index contributed by atoms with van der Waals surface area (Å²) < 4.78 is 9.18. The summed E-state index contributed by atoms with van der Waals surface area (Å²) in [5.74, 6) is -1.68. The molecule has 0 bridgehead atoms. The van der Waals surface area contributed by atoms with Gasteiger partial charge in [0.1, 0.15) is 3.61 Å². The molecule has 1 unspecified atom stereocenters. The van der Waals surface area contributed by atoms with Crippen molar-refractivity contribution >= 4 is 34.3 Å². The number of alkyl halides is 1. The molecule has 16 heavy (non-hydrogen) atoms. The van der Waals surface area contributed by atoms with Gasteiger partial charge in [0.2, 0.25) is 0 Å². The molecule has 0 heterocycles. The SMILES string of the molecule is C=CCNC(OC(C)(C)I)C(=O)C(=O)OC. The fraction of sp³-hybridized carbons (Fsp3) is 0.600. The first-order valence-electron chi connectivity index (χ1n) is 4.65. The largest absolute Gasteiger partial charge is 0.463 e. The number of esters is 1. The summed E-state index contributed by atoms with van der Waals surface area (Å²) in [4.78, 5) is 22.6. The molecule has 0 amide bonds. The highest BCUT2D eigenvalue weighted by Crippen LogP contribution is 2.20. The minimum absolute atomic E-state index is 0.361. The molecule has 0 rings (SSSR count). The molecule has 1 N–H and O–H groups in total. The van der Waals surface area contributed by atoms with Crippen molar-refractivity contribution in [3.05, 3.63) is 12.7 Å². The van der Waals surface area contributed by atoms with Gasteiger partial charge in [0, 0.05) is 6.54 Å². The van der Waals surface area contributed by atoms with E-state index in [1.807, 2.05) is 22.6 Å². The van der Waals surface area contributed by atoms with E-state index in [9.17, 15) is 9.59 Å². The highest BCUT2D eigenvalue weighted by atomic mass is 127. The quantitative estimate of drug-likeness (QED) is 0.187. The Kier molecular flexibility index (Phi) is 6.77. The number of nitrogens with one attached hydrogen (secondary N) is 1. The van der Waals surface area contributed by atoms with Gasteiger partial charge >= 0.3 is 5.97 Å². The van der Waals surface area contributed by atoms with Crippen molar-refractivity contribution in [1.29, 1.82) is 0 Å². The zero-order valence-electron chi connectivity index (χ0n) is 9.58. The highest BCUT2D eigenvalue weighted by molar-refractivity contribution is 14.1. The highest BCUT2D eigenvalue weighted by Gasteiger charge is 2.30. The van der Waals surface area contributed by atoms with Gasteiger partial charge in [0.25, 0.3) is 5.78 Å². The van der Waals surface area contributed by atoms with Crippen LogP contribution in [0.15, 0.2) is 12.7 Å². The first-order valence-corrected chi connectivity index (χ1v) is 5.73. The number of hydrogen-bond acceptors (Lipinski definition) is 5. The summed E-state index contributed by atoms with van der Waals surface area (Å²) in [7, 11) is 1.15. The minimum atomic E-state index is -1.02. The zero-order chi connectivity index (χ0) is 12.8. The Bertz CT molecular complexity index is 272. The number of ether oxygens (including phenoxy) is 2. The van der Waals surface area contributed by atoms with Gasteiger partial charge in [-0.05, 0) is 36.4 Å². The molecule has 0 radical (unpaired) electrons. The molecule has 0 saturated carbocycles. The van der Waals surface area contributed by atoms with Crippen molar-refractivity contribution in [2.75, 3.05) is 13.7 Å². The molecule has 0 fully saturated rings. The van der Waals surface area contributed by atoms with Gasteiger partial charge in [0.05, 0.1) is 7.11 Å². The third kappa shape index (κ3) is 6.19. The number of methoxy groups -OCH3 is 1. The van der Waals surface area contributed by atoms with Crippen molar-refractivity contribution in [2.45, 2.75) is 23.7 Å². The maximum atomic E-state index is 11.6. The van der Waals surface area contributed by atoms with E-state index < -0.39 is 21.6 Å². The Hall–Kier alpha value is -0.470. The summed E-state index contributed by atoms with van der Waals surface area (Å²) in [5, 5.41) is 2.75. The van der Waals surface area contributed by atoms with Crippen molar-refractivity contribution in [2.24, 2.45) is 0 Å². The monoisotopic (exact) mass is 341 g/mol. The normalized spacial score (nSPS) is 13.0. The standard InChI is InChI=1S/C10H16INO4/c1-5-6-12-8(16-10(2,3)11)7(13)9(14)15-4/h5,8,12H,1,6H2,2-4H3. The molecular weight excluding hydrogens is 325 g/mol. The van der Waals surface area contributed by atoms with Gasteiger partial charge in [-0.15, -0.1) is 6.58 Å². The lowest BCUT2D eigenvalue weighted by Gasteiger charge is -2.24. The molecule has 0 aromatic heterocycles. The number of ketones is 1. The van der Waals surface area contributed by atoms with Crippen LogP contribution in [-0.4, -0.2) is 35.2 Å². The minimum Gasteiger partial charge on any atom is -0.463 e. The van der Waals surface area contributed by atoms with Crippen LogP contribution in [0.5, 0.6) is 0 Å². The summed E-state index contributed by atoms with van der Waals surface area (Å²) in [6.45, 7) is 7.42. The number of hydrogen-bond donors (Lipinski definition) is 1. The summed E-state index contributed by atoms with van der Waals surface area (Å²) in [5.41, 5.74) is 0. The van der Waals surface area contributed by atoms with Crippen LogP contribution >= 0.6 is 22.6 Å². The van der Waals surface area contributed by atoms with E-state index in [-0.39, 0.29) is 0 Å². The third-order valence-electron chi connectivity index (χ3n) is 1.47. The summed E-state index contributed by atoms with van der Waals surface area (Å²) in [6, 6.07) is 0. The fourth-order valence-electron chi connectivity index (χ4n) is 0.866. The molecule has 5 nitrogen and oxygen atoms in total. The Morgan fingerprint density at radius 1 is 1.56 bits per heavy atom. The number of carbonyl (C=O) groups is 2. The van der Waals surface area contributed by atoms with Crippen molar-refractivity contribution in [1.82, 2.24) is 5.32 Å². The van der Waals surface area contributed by atoms with E-state index in [0.717, 1.165) is 7.11 Å². The van der Waals surface area contributed by atoms with E-state index in [1.54, 1.807) is 19.9 Å². The van der Waals surface area contributed by atoms with Crippen LogP contribution in [0.3, 0.4) is 0 Å². The lowest BCUT2D eigenvalue weighted by atomic mass is 10.3. The smallest absolute Gasteiger partial charge is 0.378 e. The zero-order valence-corrected chi connectivity index (χ0v) is 11.7. The van der Waals surface area contributed by atoms with Crippen LogP contribution in [-0.2, 0) is 19.1 Å². The average Bonchev–Trinajstić information content (AvgIpc) is 2.20. The molecule has 1 atom stereocenters. The van der Waals surface area contributed by atoms with Crippen LogP contribution in [0.25, 0.3) is 0 Å². The predicted molar refractivity (Wildman–Crippen MR) is 68.2 cm³/mol. The lowest BCUT2D eigenvalue weighted by molar-refractivity contribution is -0.160. The van der Waals surface area contributed by atoms with Crippen molar-refractivity contribution < 1.29 is 19.1 Å². The summed E-state index contributed by atoms with van der Waals surface area (Å²) in [6.07, 6.45) is 0.554.